The fourth-order valence-electron chi connectivity index (χ4n) is 3.21. The van der Waals surface area contributed by atoms with Crippen molar-refractivity contribution in [1.29, 1.82) is 0 Å². The minimum atomic E-state index is -3.92. The number of methoxy groups -OCH3 is 1. The average Bonchev–Trinajstić information content (AvgIpc) is 2.80. The molecule has 3 aromatic rings. The Labute approximate surface area is 220 Å². The lowest BCUT2D eigenvalue weighted by Gasteiger charge is -2.24. The second-order valence-corrected chi connectivity index (χ2v) is 12.1. The first kappa shape index (κ1) is 27.6. The maximum absolute atomic E-state index is 12.8. The third-order valence-electron chi connectivity index (χ3n) is 5.06. The van der Waals surface area contributed by atoms with E-state index in [0.29, 0.717) is 16.3 Å². The molecule has 13 heteroatoms. The van der Waals surface area contributed by atoms with E-state index in [1.54, 1.807) is 25.1 Å². The number of carbonyl (C=O) groups is 1. The Balaban J connectivity index is 1.77. The number of sulfonamides is 2. The molecular weight excluding hydrogens is 549 g/mol. The molecule has 0 aliphatic carbocycles. The number of halogens is 2. The van der Waals surface area contributed by atoms with Gasteiger partial charge in [-0.3, -0.25) is 13.8 Å². The number of rotatable bonds is 9. The summed E-state index contributed by atoms with van der Waals surface area (Å²) in [5, 5.41) is 3.24. The van der Waals surface area contributed by atoms with Crippen LogP contribution < -0.4 is 19.1 Å². The number of amides is 1. The average molecular weight is 572 g/mol. The number of ether oxygens (including phenoxy) is 1. The predicted molar refractivity (Wildman–Crippen MR) is 142 cm³/mol. The summed E-state index contributed by atoms with van der Waals surface area (Å²) in [7, 11) is -6.43. The largest absolute Gasteiger partial charge is 0.495 e. The molecular formula is C23H23Cl2N3O6S2. The van der Waals surface area contributed by atoms with Crippen LogP contribution in [0.2, 0.25) is 10.0 Å². The lowest BCUT2D eigenvalue weighted by molar-refractivity contribution is -0.114. The van der Waals surface area contributed by atoms with Crippen LogP contribution in [0.4, 0.5) is 17.1 Å². The Hall–Kier alpha value is -2.99. The summed E-state index contributed by atoms with van der Waals surface area (Å²) in [6.45, 7) is 1.13. The van der Waals surface area contributed by atoms with Crippen LogP contribution in [0.15, 0.2) is 65.6 Å². The summed E-state index contributed by atoms with van der Waals surface area (Å²) in [5.41, 5.74) is 1.30. The quantitative estimate of drug-likeness (QED) is 0.389. The van der Waals surface area contributed by atoms with Gasteiger partial charge in [-0.05, 0) is 67.1 Å². The molecule has 1 amide bonds. The van der Waals surface area contributed by atoms with Crippen molar-refractivity contribution in [3.8, 4) is 5.75 Å². The van der Waals surface area contributed by atoms with Crippen molar-refractivity contribution in [3.63, 3.8) is 0 Å². The minimum absolute atomic E-state index is 0.0405. The molecule has 0 spiro atoms. The van der Waals surface area contributed by atoms with Gasteiger partial charge in [-0.2, -0.15) is 0 Å². The summed E-state index contributed by atoms with van der Waals surface area (Å²) in [6.07, 6.45) is 0.953. The zero-order valence-corrected chi connectivity index (χ0v) is 22.6. The number of hydrogen-bond donors (Lipinski definition) is 2. The number of anilines is 3. The van der Waals surface area contributed by atoms with Crippen LogP contribution in [0.25, 0.3) is 0 Å². The van der Waals surface area contributed by atoms with Gasteiger partial charge in [-0.15, -0.1) is 0 Å². The third-order valence-corrected chi connectivity index (χ3v) is 8.21. The van der Waals surface area contributed by atoms with E-state index in [2.05, 4.69) is 10.0 Å². The van der Waals surface area contributed by atoms with Gasteiger partial charge in [0.05, 0.1) is 29.6 Å². The molecule has 0 aliphatic heterocycles. The van der Waals surface area contributed by atoms with E-state index in [4.69, 9.17) is 27.9 Å². The van der Waals surface area contributed by atoms with Gasteiger partial charge in [-0.25, -0.2) is 16.8 Å². The summed E-state index contributed by atoms with van der Waals surface area (Å²) < 4.78 is 58.9. The molecule has 3 rings (SSSR count). The maximum atomic E-state index is 12.8. The maximum Gasteiger partial charge on any atom is 0.261 e. The van der Waals surface area contributed by atoms with E-state index < -0.39 is 32.5 Å². The van der Waals surface area contributed by atoms with Crippen molar-refractivity contribution in [2.75, 3.05) is 34.3 Å². The molecule has 9 nitrogen and oxygen atoms in total. The van der Waals surface area contributed by atoms with Gasteiger partial charge in [-0.1, -0.05) is 29.3 Å². The molecule has 0 aromatic heterocycles. The smallest absolute Gasteiger partial charge is 0.261 e. The molecule has 0 fully saturated rings. The normalized spacial score (nSPS) is 11.6. The van der Waals surface area contributed by atoms with Crippen LogP contribution in [0, 0.1) is 6.92 Å². The molecule has 0 aliphatic rings. The second kappa shape index (κ2) is 11.0. The van der Waals surface area contributed by atoms with E-state index in [9.17, 15) is 21.6 Å². The lowest BCUT2D eigenvalue weighted by atomic mass is 10.2. The van der Waals surface area contributed by atoms with Gasteiger partial charge in [0.25, 0.3) is 10.0 Å². The van der Waals surface area contributed by atoms with Crippen molar-refractivity contribution in [1.82, 2.24) is 0 Å². The first-order chi connectivity index (χ1) is 16.8. The summed E-state index contributed by atoms with van der Waals surface area (Å²) in [5.74, 6) is -0.444. The van der Waals surface area contributed by atoms with Gasteiger partial charge in [0.1, 0.15) is 12.3 Å². The SMILES string of the molecule is COc1ccc(Cl)cc1N(CC(=O)Nc1ccc(S(=O)(=O)Nc2cccc(Cl)c2C)cc1)S(C)(=O)=O. The van der Waals surface area contributed by atoms with Gasteiger partial charge in [0.2, 0.25) is 15.9 Å². The fraction of sp³-hybridized carbons (Fsp3) is 0.174. The molecule has 0 radical (unpaired) electrons. The van der Waals surface area contributed by atoms with Gasteiger partial charge >= 0.3 is 0 Å². The van der Waals surface area contributed by atoms with Crippen LogP contribution in [0.1, 0.15) is 5.56 Å². The van der Waals surface area contributed by atoms with E-state index in [0.717, 1.165) is 10.6 Å². The first-order valence-corrected chi connectivity index (χ1v) is 14.4. The van der Waals surface area contributed by atoms with Crippen LogP contribution in [0.5, 0.6) is 5.75 Å². The third kappa shape index (κ3) is 6.61. The summed E-state index contributed by atoms with van der Waals surface area (Å²) in [6, 6.07) is 14.7. The summed E-state index contributed by atoms with van der Waals surface area (Å²) >= 11 is 12.1. The van der Waals surface area contributed by atoms with E-state index in [-0.39, 0.29) is 27.0 Å². The number of hydrogen-bond acceptors (Lipinski definition) is 6. The zero-order valence-electron chi connectivity index (χ0n) is 19.4. The van der Waals surface area contributed by atoms with E-state index in [1.807, 2.05) is 0 Å². The molecule has 192 valence electrons. The highest BCUT2D eigenvalue weighted by atomic mass is 35.5. The molecule has 3 aromatic carbocycles. The number of nitrogens with zero attached hydrogens (tertiary/aromatic N) is 1. The Morgan fingerprint density at radius 3 is 2.28 bits per heavy atom. The number of nitrogens with one attached hydrogen (secondary N) is 2. The molecule has 36 heavy (non-hydrogen) atoms. The Kier molecular flexibility index (Phi) is 8.40. The minimum Gasteiger partial charge on any atom is -0.495 e. The topological polar surface area (TPSA) is 122 Å². The van der Waals surface area contributed by atoms with Crippen LogP contribution >= 0.6 is 23.2 Å². The van der Waals surface area contributed by atoms with E-state index in [1.165, 1.54) is 49.6 Å². The molecule has 0 atom stereocenters. The van der Waals surface area contributed by atoms with Gasteiger partial charge in [0, 0.05) is 15.7 Å². The Morgan fingerprint density at radius 1 is 1.00 bits per heavy atom. The number of carbonyl (C=O) groups excluding carboxylic acids is 1. The molecule has 0 bridgehead atoms. The molecule has 0 unspecified atom stereocenters. The van der Waals surface area contributed by atoms with Crippen molar-refractivity contribution < 1.29 is 26.4 Å². The molecule has 2 N–H and O–H groups in total. The molecule has 0 saturated carbocycles. The van der Waals surface area contributed by atoms with Gasteiger partial charge < -0.3 is 10.1 Å². The van der Waals surface area contributed by atoms with Crippen molar-refractivity contribution in [2.24, 2.45) is 0 Å². The molecule has 0 heterocycles. The standard InChI is InChI=1S/C23H23Cl2N3O6S2/c1-15-19(25)5-4-6-20(15)27-36(32,33)18-10-8-17(9-11-18)26-23(29)14-28(35(3,30)31)21-13-16(24)7-12-22(21)34-2/h4-13,27H,14H2,1-3H3,(H,26,29). The van der Waals surface area contributed by atoms with Crippen LogP contribution in [-0.4, -0.2) is 42.7 Å². The highest BCUT2D eigenvalue weighted by Crippen LogP contribution is 2.33. The second-order valence-electron chi connectivity index (χ2n) is 7.68. The summed E-state index contributed by atoms with van der Waals surface area (Å²) in [4.78, 5) is 12.6. The highest BCUT2D eigenvalue weighted by molar-refractivity contribution is 7.92. The Bertz CT molecular complexity index is 1490. The van der Waals surface area contributed by atoms with Crippen LogP contribution in [-0.2, 0) is 24.8 Å². The van der Waals surface area contributed by atoms with Crippen LogP contribution in [0.3, 0.4) is 0 Å². The van der Waals surface area contributed by atoms with E-state index >= 15 is 0 Å². The highest BCUT2D eigenvalue weighted by Gasteiger charge is 2.24. The Morgan fingerprint density at radius 2 is 1.67 bits per heavy atom. The van der Waals surface area contributed by atoms with Crippen molar-refractivity contribution in [3.05, 3.63) is 76.3 Å². The number of benzene rings is 3. The molecule has 0 saturated heterocycles. The zero-order chi connectivity index (χ0) is 26.7. The lowest BCUT2D eigenvalue weighted by Crippen LogP contribution is -2.37. The first-order valence-electron chi connectivity index (χ1n) is 10.3. The van der Waals surface area contributed by atoms with Crippen molar-refractivity contribution in [2.45, 2.75) is 11.8 Å². The van der Waals surface area contributed by atoms with Crippen molar-refractivity contribution >= 4 is 66.2 Å². The fourth-order valence-corrected chi connectivity index (χ4v) is 5.52. The monoisotopic (exact) mass is 571 g/mol. The predicted octanol–water partition coefficient (Wildman–Crippen LogP) is 4.52. The van der Waals surface area contributed by atoms with Gasteiger partial charge in [0.15, 0.2) is 0 Å².